The van der Waals surface area contributed by atoms with Crippen molar-refractivity contribution in [3.05, 3.63) is 47.3 Å². The lowest BCUT2D eigenvalue weighted by molar-refractivity contribution is -0.117. The number of sulfonamides is 1. The van der Waals surface area contributed by atoms with Gasteiger partial charge in [-0.25, -0.2) is 8.42 Å². The van der Waals surface area contributed by atoms with E-state index in [-0.39, 0.29) is 33.8 Å². The van der Waals surface area contributed by atoms with E-state index in [1.54, 1.807) is 35.7 Å². The molecular weight excluding hydrogens is 412 g/mol. The molecule has 1 heterocycles. The van der Waals surface area contributed by atoms with Crippen molar-refractivity contribution >= 4 is 51.3 Å². The lowest BCUT2D eigenvalue weighted by atomic mass is 10.1. The molecule has 1 atom stereocenters. The molecule has 0 aliphatic heterocycles. The van der Waals surface area contributed by atoms with E-state index < -0.39 is 22.0 Å². The van der Waals surface area contributed by atoms with Crippen molar-refractivity contribution in [1.82, 2.24) is 10.0 Å². The minimum absolute atomic E-state index is 0. The number of nitrogens with one attached hydrogen (secondary N) is 3. The standard InChI is InChI=1S/C16H20N4O4S2.ClH/c1-11(20-26(23,24)14-7-4-10-25-14)15(21)19-13-6-3-2-5-12(13)16(22)18-9-8-17;/h2-7,10-11,20H,8-9,17H2,1H3,(H,18,22)(H,19,21);1H. The summed E-state index contributed by atoms with van der Waals surface area (Å²) in [5, 5.41) is 6.84. The molecule has 0 radical (unpaired) electrons. The second-order valence-corrected chi connectivity index (χ2v) is 8.24. The normalized spacial score (nSPS) is 11.9. The number of carbonyl (C=O) groups is 2. The Hall–Kier alpha value is -1.98. The molecule has 11 heteroatoms. The first kappa shape index (κ1) is 23.1. The van der Waals surface area contributed by atoms with Crippen LogP contribution in [0.5, 0.6) is 0 Å². The molecule has 0 aliphatic carbocycles. The lowest BCUT2D eigenvalue weighted by Gasteiger charge is -2.15. The molecule has 0 saturated heterocycles. The van der Waals surface area contributed by atoms with Gasteiger partial charge in [-0.15, -0.1) is 23.7 Å². The van der Waals surface area contributed by atoms with Crippen molar-refractivity contribution in [3.63, 3.8) is 0 Å². The summed E-state index contributed by atoms with van der Waals surface area (Å²) in [6.07, 6.45) is 0. The Bertz CT molecular complexity index is 872. The van der Waals surface area contributed by atoms with Crippen molar-refractivity contribution in [2.75, 3.05) is 18.4 Å². The number of benzene rings is 1. The molecule has 0 spiro atoms. The number of carbonyl (C=O) groups excluding carboxylic acids is 2. The van der Waals surface area contributed by atoms with Crippen LogP contribution >= 0.6 is 23.7 Å². The van der Waals surface area contributed by atoms with Crippen LogP contribution in [0.15, 0.2) is 46.0 Å². The van der Waals surface area contributed by atoms with Crippen LogP contribution in [0.4, 0.5) is 5.69 Å². The van der Waals surface area contributed by atoms with Crippen molar-refractivity contribution in [2.24, 2.45) is 5.73 Å². The number of nitrogens with two attached hydrogens (primary N) is 1. The van der Waals surface area contributed by atoms with E-state index in [1.807, 2.05) is 0 Å². The van der Waals surface area contributed by atoms with Crippen molar-refractivity contribution in [2.45, 2.75) is 17.2 Å². The highest BCUT2D eigenvalue weighted by Gasteiger charge is 2.23. The fourth-order valence-corrected chi connectivity index (χ4v) is 4.29. The lowest BCUT2D eigenvalue weighted by Crippen LogP contribution is -2.41. The molecule has 5 N–H and O–H groups in total. The van der Waals surface area contributed by atoms with Gasteiger partial charge in [-0.2, -0.15) is 4.72 Å². The topological polar surface area (TPSA) is 130 Å². The minimum Gasteiger partial charge on any atom is -0.351 e. The highest BCUT2D eigenvalue weighted by molar-refractivity contribution is 7.91. The molecule has 1 unspecified atom stereocenters. The van der Waals surface area contributed by atoms with Gasteiger partial charge in [0.05, 0.1) is 17.3 Å². The largest absolute Gasteiger partial charge is 0.351 e. The minimum atomic E-state index is -3.78. The fourth-order valence-electron chi connectivity index (χ4n) is 2.07. The molecule has 0 bridgehead atoms. The highest BCUT2D eigenvalue weighted by atomic mass is 35.5. The smallest absolute Gasteiger partial charge is 0.253 e. The van der Waals surface area contributed by atoms with Gasteiger partial charge in [-0.3, -0.25) is 9.59 Å². The molecule has 2 aromatic rings. The van der Waals surface area contributed by atoms with Gasteiger partial charge in [-0.05, 0) is 30.5 Å². The van der Waals surface area contributed by atoms with Crippen LogP contribution in [-0.4, -0.2) is 39.4 Å². The summed E-state index contributed by atoms with van der Waals surface area (Å²) in [4.78, 5) is 24.5. The molecule has 0 fully saturated rings. The summed E-state index contributed by atoms with van der Waals surface area (Å²) in [5.74, 6) is -0.956. The monoisotopic (exact) mass is 432 g/mol. The third-order valence-corrected chi connectivity index (χ3v) is 6.28. The SMILES string of the molecule is CC(NS(=O)(=O)c1cccs1)C(=O)Nc1ccccc1C(=O)NCCN.Cl. The van der Waals surface area contributed by atoms with Crippen LogP contribution in [0.2, 0.25) is 0 Å². The Morgan fingerprint density at radius 1 is 1.19 bits per heavy atom. The van der Waals surface area contributed by atoms with E-state index in [4.69, 9.17) is 5.73 Å². The summed E-state index contributed by atoms with van der Waals surface area (Å²) in [6, 6.07) is 8.49. The average molecular weight is 433 g/mol. The fraction of sp³-hybridized carbons (Fsp3) is 0.250. The van der Waals surface area contributed by atoms with Gasteiger partial charge in [0.15, 0.2) is 0 Å². The van der Waals surface area contributed by atoms with Crippen molar-refractivity contribution in [3.8, 4) is 0 Å². The quantitative estimate of drug-likeness (QED) is 0.497. The summed E-state index contributed by atoms with van der Waals surface area (Å²) < 4.78 is 26.8. The van der Waals surface area contributed by atoms with E-state index in [9.17, 15) is 18.0 Å². The van der Waals surface area contributed by atoms with Gasteiger partial charge in [0.25, 0.3) is 15.9 Å². The number of halogens is 1. The number of hydrogen-bond donors (Lipinski definition) is 4. The van der Waals surface area contributed by atoms with E-state index in [1.165, 1.54) is 13.0 Å². The third-order valence-electron chi connectivity index (χ3n) is 3.34. The second-order valence-electron chi connectivity index (χ2n) is 5.35. The third kappa shape index (κ3) is 6.29. The van der Waals surface area contributed by atoms with E-state index in [0.29, 0.717) is 13.1 Å². The number of hydrogen-bond acceptors (Lipinski definition) is 6. The van der Waals surface area contributed by atoms with Crippen LogP contribution in [0.25, 0.3) is 0 Å². The number of para-hydroxylation sites is 1. The molecule has 0 saturated carbocycles. The Labute approximate surface area is 168 Å². The zero-order valence-corrected chi connectivity index (χ0v) is 16.9. The van der Waals surface area contributed by atoms with Crippen LogP contribution in [0, 0.1) is 0 Å². The molecular formula is C16H21ClN4O4S2. The predicted octanol–water partition coefficient (Wildman–Crippen LogP) is 1.16. The van der Waals surface area contributed by atoms with Gasteiger partial charge in [-0.1, -0.05) is 18.2 Å². The molecule has 0 aliphatic rings. The maximum absolute atomic E-state index is 12.4. The van der Waals surface area contributed by atoms with E-state index in [2.05, 4.69) is 15.4 Å². The summed E-state index contributed by atoms with van der Waals surface area (Å²) in [5.41, 5.74) is 5.92. The summed E-state index contributed by atoms with van der Waals surface area (Å²) in [6.45, 7) is 2.03. The highest BCUT2D eigenvalue weighted by Crippen LogP contribution is 2.17. The first-order valence-electron chi connectivity index (χ1n) is 7.79. The second kappa shape index (κ2) is 10.4. The van der Waals surface area contributed by atoms with Crippen LogP contribution in [-0.2, 0) is 14.8 Å². The molecule has 2 amide bonds. The predicted molar refractivity (Wildman–Crippen MR) is 108 cm³/mol. The van der Waals surface area contributed by atoms with Gasteiger partial charge < -0.3 is 16.4 Å². The zero-order valence-electron chi connectivity index (χ0n) is 14.5. The first-order chi connectivity index (χ1) is 12.3. The van der Waals surface area contributed by atoms with Gasteiger partial charge in [0.2, 0.25) is 5.91 Å². The Morgan fingerprint density at radius 2 is 1.89 bits per heavy atom. The van der Waals surface area contributed by atoms with Crippen LogP contribution in [0.1, 0.15) is 17.3 Å². The Morgan fingerprint density at radius 3 is 2.52 bits per heavy atom. The Balaban J connectivity index is 0.00000364. The zero-order chi connectivity index (χ0) is 19.2. The number of anilines is 1. The summed E-state index contributed by atoms with van der Waals surface area (Å²) >= 11 is 1.06. The summed E-state index contributed by atoms with van der Waals surface area (Å²) in [7, 11) is -3.78. The molecule has 1 aromatic carbocycles. The molecule has 1 aromatic heterocycles. The Kier molecular flexibility index (Phi) is 8.86. The number of rotatable bonds is 8. The first-order valence-corrected chi connectivity index (χ1v) is 10.2. The maximum atomic E-state index is 12.4. The molecule has 27 heavy (non-hydrogen) atoms. The number of amides is 2. The average Bonchev–Trinajstić information content (AvgIpc) is 3.15. The number of thiophene rings is 1. The van der Waals surface area contributed by atoms with Crippen LogP contribution in [0.3, 0.4) is 0 Å². The van der Waals surface area contributed by atoms with Gasteiger partial charge in [0.1, 0.15) is 4.21 Å². The molecule has 8 nitrogen and oxygen atoms in total. The van der Waals surface area contributed by atoms with E-state index in [0.717, 1.165) is 11.3 Å². The molecule has 2 rings (SSSR count). The van der Waals surface area contributed by atoms with Gasteiger partial charge >= 0.3 is 0 Å². The molecule has 148 valence electrons. The van der Waals surface area contributed by atoms with E-state index >= 15 is 0 Å². The maximum Gasteiger partial charge on any atom is 0.253 e. The van der Waals surface area contributed by atoms with Crippen LogP contribution < -0.4 is 21.1 Å². The van der Waals surface area contributed by atoms with Gasteiger partial charge in [0, 0.05) is 13.1 Å². The van der Waals surface area contributed by atoms with Crippen molar-refractivity contribution < 1.29 is 18.0 Å². The van der Waals surface area contributed by atoms with Crippen molar-refractivity contribution in [1.29, 1.82) is 0 Å².